The molecule has 13 heavy (non-hydrogen) atoms. The predicted molar refractivity (Wildman–Crippen MR) is 51.6 cm³/mol. The fraction of sp³-hybridized carbons (Fsp3) is 0.182. The molecule has 0 aromatic heterocycles. The van der Waals surface area contributed by atoms with Gasteiger partial charge in [-0.15, -0.1) is 0 Å². The Bertz CT molecular complexity index is 303. The van der Waals surface area contributed by atoms with Gasteiger partial charge in [0.15, 0.2) is 0 Å². The maximum atomic E-state index is 9.98. The van der Waals surface area contributed by atoms with E-state index in [0.717, 1.165) is 18.3 Å². The van der Waals surface area contributed by atoms with Crippen LogP contribution >= 0.6 is 0 Å². The van der Waals surface area contributed by atoms with Crippen LogP contribution in [0, 0.1) is 0 Å². The van der Waals surface area contributed by atoms with Gasteiger partial charge in [0.25, 0.3) is 0 Å². The summed E-state index contributed by atoms with van der Waals surface area (Å²) in [7, 11) is 0. The third kappa shape index (κ3) is 3.56. The molecule has 0 heterocycles. The summed E-state index contributed by atoms with van der Waals surface area (Å²) >= 11 is 0. The summed E-state index contributed by atoms with van der Waals surface area (Å²) < 4.78 is 0. The first-order valence-electron chi connectivity index (χ1n) is 4.19. The molecule has 0 aliphatic heterocycles. The molecule has 1 aromatic rings. The molecule has 0 saturated carbocycles. The number of rotatable bonds is 4. The molecule has 0 aliphatic carbocycles. The number of aldehydes is 1. The minimum absolute atomic E-state index is 0.279. The van der Waals surface area contributed by atoms with E-state index in [0.29, 0.717) is 6.42 Å². The number of phenols is 1. The lowest BCUT2D eigenvalue weighted by molar-refractivity contribution is -0.107. The third-order valence-electron chi connectivity index (χ3n) is 1.66. The van der Waals surface area contributed by atoms with Crippen molar-refractivity contribution in [3.8, 4) is 5.75 Å². The van der Waals surface area contributed by atoms with Gasteiger partial charge in [0.2, 0.25) is 0 Å². The Morgan fingerprint density at radius 3 is 2.85 bits per heavy atom. The Hall–Kier alpha value is -1.57. The SMILES string of the molecule is O=CC/C=C\Cc1cccc(O)c1. The maximum absolute atomic E-state index is 9.98. The molecule has 0 unspecified atom stereocenters. The summed E-state index contributed by atoms with van der Waals surface area (Å²) in [6.07, 6.45) is 5.81. The molecule has 0 radical (unpaired) electrons. The lowest BCUT2D eigenvalue weighted by Crippen LogP contribution is -1.79. The highest BCUT2D eigenvalue weighted by atomic mass is 16.3. The minimum atomic E-state index is 0.279. The van der Waals surface area contributed by atoms with E-state index in [-0.39, 0.29) is 5.75 Å². The second-order valence-corrected chi connectivity index (χ2v) is 2.75. The zero-order chi connectivity index (χ0) is 9.52. The first-order valence-corrected chi connectivity index (χ1v) is 4.19. The van der Waals surface area contributed by atoms with Crippen molar-refractivity contribution in [3.63, 3.8) is 0 Å². The topological polar surface area (TPSA) is 37.3 Å². The molecule has 0 atom stereocenters. The average Bonchev–Trinajstić information content (AvgIpc) is 2.13. The molecule has 0 saturated heterocycles. The minimum Gasteiger partial charge on any atom is -0.508 e. The number of aromatic hydroxyl groups is 1. The first-order chi connectivity index (χ1) is 6.33. The largest absolute Gasteiger partial charge is 0.508 e. The number of carbonyl (C=O) groups excluding carboxylic acids is 1. The molecule has 1 rings (SSSR count). The highest BCUT2D eigenvalue weighted by Gasteiger charge is 1.90. The number of allylic oxidation sites excluding steroid dienone is 2. The van der Waals surface area contributed by atoms with Gasteiger partial charge in [-0.25, -0.2) is 0 Å². The van der Waals surface area contributed by atoms with Crippen LogP contribution in [0.5, 0.6) is 5.75 Å². The summed E-state index contributed by atoms with van der Waals surface area (Å²) in [5.41, 5.74) is 1.04. The first kappa shape index (κ1) is 9.52. The Morgan fingerprint density at radius 2 is 2.15 bits per heavy atom. The Labute approximate surface area is 77.5 Å². The van der Waals surface area contributed by atoms with Gasteiger partial charge in [-0.2, -0.15) is 0 Å². The summed E-state index contributed by atoms with van der Waals surface area (Å²) in [5.74, 6) is 0.279. The lowest BCUT2D eigenvalue weighted by atomic mass is 10.1. The number of benzene rings is 1. The number of carbonyl (C=O) groups is 1. The van der Waals surface area contributed by atoms with Crippen LogP contribution in [0.3, 0.4) is 0 Å². The third-order valence-corrected chi connectivity index (χ3v) is 1.66. The molecule has 68 valence electrons. The van der Waals surface area contributed by atoms with Crippen LogP contribution in [0.2, 0.25) is 0 Å². The number of phenolic OH excluding ortho intramolecular Hbond substituents is 1. The summed E-state index contributed by atoms with van der Waals surface area (Å²) in [5, 5.41) is 9.14. The smallest absolute Gasteiger partial charge is 0.123 e. The van der Waals surface area contributed by atoms with Crippen LogP contribution in [0.15, 0.2) is 36.4 Å². The van der Waals surface area contributed by atoms with Gasteiger partial charge in [0.1, 0.15) is 12.0 Å². The van der Waals surface area contributed by atoms with Crippen molar-refractivity contribution in [2.24, 2.45) is 0 Å². The molecule has 0 fully saturated rings. The van der Waals surface area contributed by atoms with E-state index >= 15 is 0 Å². The zero-order valence-electron chi connectivity index (χ0n) is 7.31. The molecule has 2 heteroatoms. The molecular weight excluding hydrogens is 164 g/mol. The van der Waals surface area contributed by atoms with Crippen LogP contribution < -0.4 is 0 Å². The summed E-state index contributed by atoms with van der Waals surface area (Å²) in [6, 6.07) is 7.09. The normalized spacial score (nSPS) is 10.5. The Morgan fingerprint density at radius 1 is 1.31 bits per heavy atom. The highest BCUT2D eigenvalue weighted by molar-refractivity contribution is 5.51. The van der Waals surface area contributed by atoms with Crippen LogP contribution in [0.1, 0.15) is 12.0 Å². The quantitative estimate of drug-likeness (QED) is 0.563. The zero-order valence-corrected chi connectivity index (χ0v) is 7.31. The van der Waals surface area contributed by atoms with E-state index in [4.69, 9.17) is 5.11 Å². The van der Waals surface area contributed by atoms with Gasteiger partial charge >= 0.3 is 0 Å². The van der Waals surface area contributed by atoms with Crippen LogP contribution in [0.4, 0.5) is 0 Å². The van der Waals surface area contributed by atoms with Crippen molar-refractivity contribution in [3.05, 3.63) is 42.0 Å². The van der Waals surface area contributed by atoms with Crippen molar-refractivity contribution in [1.29, 1.82) is 0 Å². The lowest BCUT2D eigenvalue weighted by Gasteiger charge is -1.96. The highest BCUT2D eigenvalue weighted by Crippen LogP contribution is 2.11. The van der Waals surface area contributed by atoms with Crippen molar-refractivity contribution in [2.45, 2.75) is 12.8 Å². The molecule has 0 aliphatic rings. The van der Waals surface area contributed by atoms with Gasteiger partial charge in [-0.05, 0) is 24.1 Å². The number of hydrogen-bond donors (Lipinski definition) is 1. The second-order valence-electron chi connectivity index (χ2n) is 2.75. The summed E-state index contributed by atoms with van der Waals surface area (Å²) in [4.78, 5) is 9.98. The van der Waals surface area contributed by atoms with Crippen LogP contribution in [-0.2, 0) is 11.2 Å². The standard InChI is InChI=1S/C11H12O2/c12-8-3-1-2-5-10-6-4-7-11(13)9-10/h1-2,4,6-9,13H,3,5H2/b2-1-. The van der Waals surface area contributed by atoms with E-state index in [2.05, 4.69) is 0 Å². The molecule has 0 bridgehead atoms. The molecule has 2 nitrogen and oxygen atoms in total. The molecule has 1 aromatic carbocycles. The Balaban J connectivity index is 2.49. The fourth-order valence-corrected chi connectivity index (χ4v) is 1.05. The Kier molecular flexibility index (Phi) is 3.76. The number of hydrogen-bond acceptors (Lipinski definition) is 2. The monoisotopic (exact) mass is 176 g/mol. The van der Waals surface area contributed by atoms with Crippen molar-refractivity contribution in [1.82, 2.24) is 0 Å². The maximum Gasteiger partial charge on any atom is 0.123 e. The van der Waals surface area contributed by atoms with Crippen molar-refractivity contribution in [2.75, 3.05) is 0 Å². The summed E-state index contributed by atoms with van der Waals surface area (Å²) in [6.45, 7) is 0. The van der Waals surface area contributed by atoms with E-state index in [1.165, 1.54) is 0 Å². The van der Waals surface area contributed by atoms with Gasteiger partial charge < -0.3 is 9.90 Å². The van der Waals surface area contributed by atoms with Gasteiger partial charge in [0, 0.05) is 6.42 Å². The molecule has 1 N–H and O–H groups in total. The fourth-order valence-electron chi connectivity index (χ4n) is 1.05. The van der Waals surface area contributed by atoms with E-state index in [1.807, 2.05) is 18.2 Å². The molecule has 0 spiro atoms. The van der Waals surface area contributed by atoms with Crippen LogP contribution in [0.25, 0.3) is 0 Å². The van der Waals surface area contributed by atoms with E-state index < -0.39 is 0 Å². The van der Waals surface area contributed by atoms with Crippen molar-refractivity contribution < 1.29 is 9.90 Å². The van der Waals surface area contributed by atoms with Gasteiger partial charge in [-0.3, -0.25) is 0 Å². The van der Waals surface area contributed by atoms with Gasteiger partial charge in [0.05, 0.1) is 0 Å². The van der Waals surface area contributed by atoms with Gasteiger partial charge in [-0.1, -0.05) is 24.3 Å². The second kappa shape index (κ2) is 5.14. The predicted octanol–water partition coefficient (Wildman–Crippen LogP) is 2.08. The van der Waals surface area contributed by atoms with Crippen molar-refractivity contribution >= 4 is 6.29 Å². The molecular formula is C11H12O2. The average molecular weight is 176 g/mol. The van der Waals surface area contributed by atoms with E-state index in [1.54, 1.807) is 18.2 Å². The van der Waals surface area contributed by atoms with E-state index in [9.17, 15) is 4.79 Å². The molecule has 0 amide bonds. The van der Waals surface area contributed by atoms with Crippen LogP contribution in [-0.4, -0.2) is 11.4 Å².